The molecule has 0 bridgehead atoms. The molecule has 1 aliphatic rings. The van der Waals surface area contributed by atoms with Crippen LogP contribution in [0.3, 0.4) is 0 Å². The number of aromatic nitrogens is 1. The van der Waals surface area contributed by atoms with Gasteiger partial charge in [-0.05, 0) is 30.3 Å². The molecule has 2 heterocycles. The second-order valence-corrected chi connectivity index (χ2v) is 8.69. The molecule has 30 heavy (non-hydrogen) atoms. The first-order chi connectivity index (χ1) is 14.3. The summed E-state index contributed by atoms with van der Waals surface area (Å²) >= 11 is 0. The summed E-state index contributed by atoms with van der Waals surface area (Å²) in [5.74, 6) is -2.33. The van der Waals surface area contributed by atoms with Gasteiger partial charge in [0.15, 0.2) is 11.6 Å². The van der Waals surface area contributed by atoms with Crippen molar-refractivity contribution in [1.29, 1.82) is 0 Å². The third-order valence-corrected chi connectivity index (χ3v) is 6.97. The summed E-state index contributed by atoms with van der Waals surface area (Å²) in [5.41, 5.74) is 0.685. The second kappa shape index (κ2) is 7.58. The summed E-state index contributed by atoms with van der Waals surface area (Å²) in [5, 5.41) is 12.3. The minimum atomic E-state index is -3.97. The fourth-order valence-electron chi connectivity index (χ4n) is 3.55. The first kappa shape index (κ1) is 20.1. The quantitative estimate of drug-likeness (QED) is 0.463. The van der Waals surface area contributed by atoms with Crippen molar-refractivity contribution < 1.29 is 22.1 Å². The number of non-ortho nitro benzene ring substituents is 1. The Morgan fingerprint density at radius 2 is 1.70 bits per heavy atom. The number of hydrogen-bond acceptors (Lipinski definition) is 6. The molecule has 1 fully saturated rings. The fraction of sp³-hybridized carbons (Fsp3) is 0.211. The maximum absolute atomic E-state index is 13.5. The fourth-order valence-corrected chi connectivity index (χ4v) is 4.98. The summed E-state index contributed by atoms with van der Waals surface area (Å²) in [6.07, 6.45) is 2.97. The Morgan fingerprint density at radius 1 is 0.967 bits per heavy atom. The SMILES string of the molecule is O=[N+]([O-])c1ccc(N2CCN(S(=O)(=O)c3ccc(F)c(F)c3)CC2)c2ccncc12. The van der Waals surface area contributed by atoms with Crippen LogP contribution in [-0.4, -0.2) is 48.8 Å². The second-order valence-electron chi connectivity index (χ2n) is 6.75. The van der Waals surface area contributed by atoms with Gasteiger partial charge in [0, 0.05) is 55.7 Å². The maximum Gasteiger partial charge on any atom is 0.278 e. The van der Waals surface area contributed by atoms with E-state index in [1.54, 1.807) is 18.3 Å². The molecule has 0 radical (unpaired) electrons. The molecule has 1 aliphatic heterocycles. The van der Waals surface area contributed by atoms with E-state index in [4.69, 9.17) is 0 Å². The van der Waals surface area contributed by atoms with Crippen LogP contribution in [0.25, 0.3) is 10.8 Å². The maximum atomic E-state index is 13.5. The number of fused-ring (bicyclic) bond motifs is 1. The first-order valence-corrected chi connectivity index (χ1v) is 10.4. The molecule has 0 unspecified atom stereocenters. The van der Waals surface area contributed by atoms with E-state index in [2.05, 4.69) is 4.98 Å². The van der Waals surface area contributed by atoms with E-state index in [0.717, 1.165) is 17.8 Å². The predicted octanol–water partition coefficient (Wildman–Crippen LogP) is 2.93. The molecule has 11 heteroatoms. The largest absolute Gasteiger partial charge is 0.368 e. The highest BCUT2D eigenvalue weighted by Crippen LogP contribution is 2.33. The van der Waals surface area contributed by atoms with E-state index in [1.807, 2.05) is 4.90 Å². The number of nitro benzene ring substituents is 1. The highest BCUT2D eigenvalue weighted by atomic mass is 32.2. The number of halogens is 2. The minimum Gasteiger partial charge on any atom is -0.368 e. The number of nitro groups is 1. The molecular weight excluding hydrogens is 418 g/mol. The van der Waals surface area contributed by atoms with Gasteiger partial charge in [-0.3, -0.25) is 15.1 Å². The number of piperazine rings is 1. The molecule has 2 aromatic carbocycles. The number of benzene rings is 2. The molecule has 4 rings (SSSR count). The van der Waals surface area contributed by atoms with Gasteiger partial charge in [-0.1, -0.05) is 0 Å². The minimum absolute atomic E-state index is 0.0543. The van der Waals surface area contributed by atoms with E-state index in [1.165, 1.54) is 16.6 Å². The van der Waals surface area contributed by atoms with Crippen molar-refractivity contribution in [3.05, 3.63) is 70.5 Å². The molecular formula is C19H16F2N4O4S. The van der Waals surface area contributed by atoms with Crippen LogP contribution in [0.2, 0.25) is 0 Å². The van der Waals surface area contributed by atoms with E-state index in [-0.39, 0.29) is 23.7 Å². The van der Waals surface area contributed by atoms with Gasteiger partial charge < -0.3 is 4.90 Å². The molecule has 1 saturated heterocycles. The van der Waals surface area contributed by atoms with E-state index < -0.39 is 26.6 Å². The van der Waals surface area contributed by atoms with Crippen molar-refractivity contribution in [3.63, 3.8) is 0 Å². The topological polar surface area (TPSA) is 96.6 Å². The van der Waals surface area contributed by atoms with Gasteiger partial charge in [0.2, 0.25) is 10.0 Å². The molecule has 8 nitrogen and oxygen atoms in total. The Balaban J connectivity index is 1.59. The van der Waals surface area contributed by atoms with Gasteiger partial charge in [0.25, 0.3) is 5.69 Å². The summed E-state index contributed by atoms with van der Waals surface area (Å²) in [7, 11) is -3.97. The van der Waals surface area contributed by atoms with Gasteiger partial charge in [-0.15, -0.1) is 0 Å². The zero-order valence-corrected chi connectivity index (χ0v) is 16.3. The van der Waals surface area contributed by atoms with Crippen molar-refractivity contribution in [1.82, 2.24) is 9.29 Å². The van der Waals surface area contributed by atoms with Gasteiger partial charge in [0.1, 0.15) is 0 Å². The van der Waals surface area contributed by atoms with Crippen molar-refractivity contribution in [2.45, 2.75) is 4.90 Å². The monoisotopic (exact) mass is 434 g/mol. The molecule has 0 N–H and O–H groups in total. The highest BCUT2D eigenvalue weighted by Gasteiger charge is 2.30. The van der Waals surface area contributed by atoms with E-state index >= 15 is 0 Å². The zero-order chi connectivity index (χ0) is 21.5. The number of anilines is 1. The lowest BCUT2D eigenvalue weighted by Crippen LogP contribution is -2.48. The predicted molar refractivity (Wildman–Crippen MR) is 106 cm³/mol. The summed E-state index contributed by atoms with van der Waals surface area (Å²) in [4.78, 5) is 16.4. The van der Waals surface area contributed by atoms with Gasteiger partial charge in [-0.25, -0.2) is 17.2 Å². The van der Waals surface area contributed by atoms with E-state index in [9.17, 15) is 27.3 Å². The van der Waals surface area contributed by atoms with Crippen LogP contribution in [0.15, 0.2) is 53.7 Å². The van der Waals surface area contributed by atoms with Crippen LogP contribution in [-0.2, 0) is 10.0 Å². The van der Waals surface area contributed by atoms with Crippen LogP contribution in [0, 0.1) is 21.7 Å². The lowest BCUT2D eigenvalue weighted by atomic mass is 10.1. The molecule has 0 spiro atoms. The number of hydrogen-bond donors (Lipinski definition) is 0. The van der Waals surface area contributed by atoms with E-state index in [0.29, 0.717) is 29.9 Å². The van der Waals surface area contributed by atoms with Crippen LogP contribution in [0.5, 0.6) is 0 Å². The lowest BCUT2D eigenvalue weighted by molar-refractivity contribution is -0.383. The van der Waals surface area contributed by atoms with Crippen LogP contribution in [0.1, 0.15) is 0 Å². The molecule has 3 aromatic rings. The Labute approximate surface area is 170 Å². The Hall–Kier alpha value is -3.18. The van der Waals surface area contributed by atoms with Crippen molar-refractivity contribution >= 4 is 32.2 Å². The highest BCUT2D eigenvalue weighted by molar-refractivity contribution is 7.89. The van der Waals surface area contributed by atoms with Crippen LogP contribution >= 0.6 is 0 Å². The van der Waals surface area contributed by atoms with Gasteiger partial charge in [-0.2, -0.15) is 4.31 Å². The van der Waals surface area contributed by atoms with Crippen LogP contribution < -0.4 is 4.90 Å². The van der Waals surface area contributed by atoms with Crippen LogP contribution in [0.4, 0.5) is 20.2 Å². The molecule has 0 saturated carbocycles. The standard InChI is InChI=1S/C19H16F2N4O4S/c20-16-2-1-13(11-17(16)21)30(28,29)24-9-7-23(8-10-24)18-3-4-19(25(26)27)15-12-22-6-5-14(15)18/h1-6,11-12H,7-10H2. The van der Waals surface area contributed by atoms with Crippen molar-refractivity contribution in [2.75, 3.05) is 31.1 Å². The average Bonchev–Trinajstić information content (AvgIpc) is 2.74. The van der Waals surface area contributed by atoms with Gasteiger partial charge in [0.05, 0.1) is 15.2 Å². The van der Waals surface area contributed by atoms with Gasteiger partial charge >= 0.3 is 0 Å². The molecule has 0 amide bonds. The Bertz CT molecular complexity index is 1240. The number of rotatable bonds is 4. The molecule has 0 aliphatic carbocycles. The smallest absolute Gasteiger partial charge is 0.278 e. The number of sulfonamides is 1. The molecule has 1 aromatic heterocycles. The van der Waals surface area contributed by atoms with Crippen molar-refractivity contribution in [3.8, 4) is 0 Å². The Morgan fingerprint density at radius 3 is 2.37 bits per heavy atom. The first-order valence-electron chi connectivity index (χ1n) is 9.00. The normalized spacial score (nSPS) is 15.5. The summed E-state index contributed by atoms with van der Waals surface area (Å²) in [6, 6.07) is 7.23. The third-order valence-electron chi connectivity index (χ3n) is 5.08. The zero-order valence-electron chi connectivity index (χ0n) is 15.5. The summed E-state index contributed by atoms with van der Waals surface area (Å²) in [6.45, 7) is 0.923. The number of pyridine rings is 1. The Kier molecular flexibility index (Phi) is 5.08. The van der Waals surface area contributed by atoms with Crippen molar-refractivity contribution in [2.24, 2.45) is 0 Å². The lowest BCUT2D eigenvalue weighted by Gasteiger charge is -2.35. The third kappa shape index (κ3) is 3.46. The molecule has 0 atom stereocenters. The summed E-state index contributed by atoms with van der Waals surface area (Å²) < 4.78 is 53.4. The number of nitrogens with zero attached hydrogens (tertiary/aromatic N) is 4. The molecule has 156 valence electrons. The average molecular weight is 434 g/mol.